The first kappa shape index (κ1) is 19.0. The molecule has 5 N–H and O–H groups in total. The van der Waals surface area contributed by atoms with Crippen molar-refractivity contribution in [2.45, 2.75) is 18.9 Å². The highest BCUT2D eigenvalue weighted by Gasteiger charge is 2.21. The van der Waals surface area contributed by atoms with E-state index in [-0.39, 0.29) is 23.1 Å². The lowest BCUT2D eigenvalue weighted by Gasteiger charge is -2.13. The fourth-order valence-corrected chi connectivity index (χ4v) is 1.50. The van der Waals surface area contributed by atoms with Crippen LogP contribution in [0.4, 0.5) is 5.69 Å². The van der Waals surface area contributed by atoms with Gasteiger partial charge < -0.3 is 21.0 Å². The number of carbonyl (C=O) groups excluding carboxylic acids is 1. The fourth-order valence-electron chi connectivity index (χ4n) is 1.50. The second kappa shape index (κ2) is 8.32. The normalized spacial score (nSPS) is 10.9. The minimum absolute atomic E-state index is 0. The van der Waals surface area contributed by atoms with Crippen LogP contribution in [0.1, 0.15) is 23.2 Å². The van der Waals surface area contributed by atoms with Gasteiger partial charge in [0.05, 0.1) is 4.92 Å². The Morgan fingerprint density at radius 2 is 1.73 bits per heavy atom. The maximum atomic E-state index is 11.8. The Hall–Kier alpha value is -3.01. The summed E-state index contributed by atoms with van der Waals surface area (Å²) in [6.45, 7) is 0. The van der Waals surface area contributed by atoms with Gasteiger partial charge in [0.2, 0.25) is 0 Å². The molecule has 1 amide bonds. The number of nitrogens with zero attached hydrogens (tertiary/aromatic N) is 1. The molecule has 0 aliphatic heterocycles. The SMILES string of the molecule is O.O=C(O)CC[C@H](NC(=O)c1ccc([N+](=O)[O-])cc1)C(=O)O. The van der Waals surface area contributed by atoms with Gasteiger partial charge in [0.1, 0.15) is 6.04 Å². The van der Waals surface area contributed by atoms with Crippen molar-refractivity contribution < 1.29 is 35.0 Å². The number of rotatable bonds is 7. The van der Waals surface area contributed by atoms with Crippen molar-refractivity contribution in [3.63, 3.8) is 0 Å². The molecule has 0 spiro atoms. The summed E-state index contributed by atoms with van der Waals surface area (Å²) in [5.41, 5.74) is -0.158. The van der Waals surface area contributed by atoms with E-state index < -0.39 is 35.2 Å². The van der Waals surface area contributed by atoms with Crippen molar-refractivity contribution in [1.29, 1.82) is 0 Å². The second-order valence-corrected chi connectivity index (χ2v) is 4.10. The van der Waals surface area contributed by atoms with Gasteiger partial charge in [-0.25, -0.2) is 4.79 Å². The molecule has 0 saturated carbocycles. The molecule has 0 aliphatic rings. The van der Waals surface area contributed by atoms with Gasteiger partial charge in [-0.3, -0.25) is 19.7 Å². The lowest BCUT2D eigenvalue weighted by molar-refractivity contribution is -0.384. The molecular formula is C12H14N2O8. The molecule has 1 atom stereocenters. The summed E-state index contributed by atoms with van der Waals surface area (Å²) in [4.78, 5) is 43.0. The second-order valence-electron chi connectivity index (χ2n) is 4.10. The quantitative estimate of drug-likeness (QED) is 0.461. The van der Waals surface area contributed by atoms with Crippen LogP contribution in [0.3, 0.4) is 0 Å². The Morgan fingerprint density at radius 3 is 2.14 bits per heavy atom. The number of nitro benzene ring substituents is 1. The first-order chi connectivity index (χ1) is 9.81. The van der Waals surface area contributed by atoms with Crippen molar-refractivity contribution in [3.8, 4) is 0 Å². The van der Waals surface area contributed by atoms with Crippen molar-refractivity contribution in [2.24, 2.45) is 0 Å². The molecule has 1 aromatic carbocycles. The van der Waals surface area contributed by atoms with Gasteiger partial charge >= 0.3 is 11.9 Å². The Labute approximate surface area is 123 Å². The van der Waals surface area contributed by atoms with Crippen molar-refractivity contribution in [3.05, 3.63) is 39.9 Å². The predicted molar refractivity (Wildman–Crippen MR) is 72.5 cm³/mol. The number of aliphatic carboxylic acids is 2. The number of nitrogens with one attached hydrogen (secondary N) is 1. The van der Waals surface area contributed by atoms with Crippen molar-refractivity contribution in [1.82, 2.24) is 5.32 Å². The van der Waals surface area contributed by atoms with Crippen LogP contribution in [0.2, 0.25) is 0 Å². The molecule has 0 unspecified atom stereocenters. The number of non-ortho nitro benzene ring substituents is 1. The van der Waals surface area contributed by atoms with Crippen LogP contribution in [0.5, 0.6) is 0 Å². The molecule has 0 aromatic heterocycles. The molecule has 0 aliphatic carbocycles. The topological polar surface area (TPSA) is 178 Å². The van der Waals surface area contributed by atoms with Crippen LogP contribution in [0.15, 0.2) is 24.3 Å². The summed E-state index contributed by atoms with van der Waals surface area (Å²) in [5, 5.41) is 30.0. The summed E-state index contributed by atoms with van der Waals surface area (Å²) >= 11 is 0. The fraction of sp³-hybridized carbons (Fsp3) is 0.250. The zero-order valence-corrected chi connectivity index (χ0v) is 11.2. The van der Waals surface area contributed by atoms with Crippen LogP contribution in [0.25, 0.3) is 0 Å². The highest BCUT2D eigenvalue weighted by atomic mass is 16.6. The van der Waals surface area contributed by atoms with E-state index in [0.29, 0.717) is 0 Å². The molecule has 120 valence electrons. The van der Waals surface area contributed by atoms with E-state index in [9.17, 15) is 24.5 Å². The van der Waals surface area contributed by atoms with E-state index in [1.54, 1.807) is 0 Å². The molecule has 0 bridgehead atoms. The predicted octanol–water partition coefficient (Wildman–Crippen LogP) is -0.182. The molecule has 1 rings (SSSR count). The van der Waals surface area contributed by atoms with Crippen molar-refractivity contribution in [2.75, 3.05) is 0 Å². The highest BCUT2D eigenvalue weighted by molar-refractivity contribution is 5.96. The number of amides is 1. The van der Waals surface area contributed by atoms with Gasteiger partial charge in [0.25, 0.3) is 11.6 Å². The third-order valence-corrected chi connectivity index (χ3v) is 2.59. The van der Waals surface area contributed by atoms with Crippen LogP contribution >= 0.6 is 0 Å². The molecule has 10 nitrogen and oxygen atoms in total. The van der Waals surface area contributed by atoms with E-state index in [1.807, 2.05) is 0 Å². The average molecular weight is 314 g/mol. The Morgan fingerprint density at radius 1 is 1.18 bits per heavy atom. The van der Waals surface area contributed by atoms with E-state index in [2.05, 4.69) is 5.32 Å². The summed E-state index contributed by atoms with van der Waals surface area (Å²) in [7, 11) is 0. The van der Waals surface area contributed by atoms with Crippen LogP contribution in [-0.2, 0) is 9.59 Å². The lowest BCUT2D eigenvalue weighted by atomic mass is 10.1. The Kier molecular flexibility index (Phi) is 7.18. The lowest BCUT2D eigenvalue weighted by Crippen LogP contribution is -2.41. The van der Waals surface area contributed by atoms with Gasteiger partial charge in [-0.05, 0) is 18.6 Å². The highest BCUT2D eigenvalue weighted by Crippen LogP contribution is 2.12. The molecule has 10 heteroatoms. The third-order valence-electron chi connectivity index (χ3n) is 2.59. The Balaban J connectivity index is 0.00000441. The van der Waals surface area contributed by atoms with Crippen LogP contribution in [0, 0.1) is 10.1 Å². The number of nitro groups is 1. The first-order valence-corrected chi connectivity index (χ1v) is 5.81. The number of hydrogen-bond donors (Lipinski definition) is 3. The monoisotopic (exact) mass is 314 g/mol. The van der Waals surface area contributed by atoms with E-state index in [1.165, 1.54) is 12.1 Å². The van der Waals surface area contributed by atoms with Gasteiger partial charge in [-0.15, -0.1) is 0 Å². The number of carboxylic acid groups (broad SMARTS) is 2. The van der Waals surface area contributed by atoms with Crippen LogP contribution < -0.4 is 5.32 Å². The molecule has 0 fully saturated rings. The number of carboxylic acids is 2. The number of benzene rings is 1. The van der Waals surface area contributed by atoms with Gasteiger partial charge in [0.15, 0.2) is 0 Å². The third kappa shape index (κ3) is 5.54. The maximum absolute atomic E-state index is 11.8. The molecule has 0 heterocycles. The Bertz CT molecular complexity index is 569. The van der Waals surface area contributed by atoms with E-state index in [4.69, 9.17) is 10.2 Å². The molecular weight excluding hydrogens is 300 g/mol. The zero-order valence-electron chi connectivity index (χ0n) is 11.2. The zero-order chi connectivity index (χ0) is 16.0. The first-order valence-electron chi connectivity index (χ1n) is 5.81. The largest absolute Gasteiger partial charge is 0.481 e. The summed E-state index contributed by atoms with van der Waals surface area (Å²) in [6.07, 6.45) is -0.666. The smallest absolute Gasteiger partial charge is 0.326 e. The van der Waals surface area contributed by atoms with Gasteiger partial charge in [-0.2, -0.15) is 0 Å². The van der Waals surface area contributed by atoms with E-state index in [0.717, 1.165) is 12.1 Å². The van der Waals surface area contributed by atoms with E-state index >= 15 is 0 Å². The standard InChI is InChI=1S/C12H12N2O7.H2O/c15-10(16)6-5-9(12(18)19)13-11(17)7-1-3-8(4-2-7)14(20)21;/h1-4,9H,5-6H2,(H,13,17)(H,15,16)(H,18,19);1H2/t9-;/m0./s1. The average Bonchev–Trinajstić information content (AvgIpc) is 2.42. The van der Waals surface area contributed by atoms with Gasteiger partial charge in [-0.1, -0.05) is 0 Å². The molecule has 0 radical (unpaired) electrons. The molecule has 0 saturated heterocycles. The minimum Gasteiger partial charge on any atom is -0.481 e. The van der Waals surface area contributed by atoms with Crippen molar-refractivity contribution >= 4 is 23.5 Å². The van der Waals surface area contributed by atoms with Crippen LogP contribution in [-0.4, -0.2) is 44.5 Å². The maximum Gasteiger partial charge on any atom is 0.326 e. The summed E-state index contributed by atoms with van der Waals surface area (Å²) in [5.74, 6) is -3.28. The molecule has 22 heavy (non-hydrogen) atoms. The summed E-state index contributed by atoms with van der Waals surface area (Å²) in [6, 6.07) is 3.25. The van der Waals surface area contributed by atoms with Gasteiger partial charge in [0, 0.05) is 24.1 Å². The minimum atomic E-state index is -1.36. The molecule has 1 aromatic rings. The number of carbonyl (C=O) groups is 3. The summed E-state index contributed by atoms with van der Waals surface area (Å²) < 4.78 is 0. The number of hydrogen-bond acceptors (Lipinski definition) is 5.